The molecule has 0 radical (unpaired) electrons. The number of thiazole rings is 1. The molecule has 0 aromatic carbocycles. The lowest BCUT2D eigenvalue weighted by molar-refractivity contribution is 0.181. The van der Waals surface area contributed by atoms with E-state index in [0.29, 0.717) is 6.04 Å². The van der Waals surface area contributed by atoms with Gasteiger partial charge in [-0.2, -0.15) is 0 Å². The maximum Gasteiger partial charge on any atom is 0.185 e. The average molecular weight is 296 g/mol. The summed E-state index contributed by atoms with van der Waals surface area (Å²) in [6.45, 7) is 14.6. The largest absolute Gasteiger partial charge is 0.346 e. The highest BCUT2D eigenvalue weighted by Crippen LogP contribution is 2.19. The van der Waals surface area contributed by atoms with Gasteiger partial charge in [0.25, 0.3) is 0 Å². The van der Waals surface area contributed by atoms with Gasteiger partial charge in [-0.25, -0.2) is 4.98 Å². The molecule has 5 heteroatoms. The molecule has 2 rings (SSSR count). The van der Waals surface area contributed by atoms with Gasteiger partial charge in [0.15, 0.2) is 5.13 Å². The molecule has 0 aliphatic carbocycles. The number of piperazine rings is 1. The van der Waals surface area contributed by atoms with Gasteiger partial charge < -0.3 is 10.2 Å². The van der Waals surface area contributed by atoms with Crippen LogP contribution in [0.25, 0.3) is 0 Å². The summed E-state index contributed by atoms with van der Waals surface area (Å²) in [5, 5.41) is 6.90. The van der Waals surface area contributed by atoms with Crippen LogP contribution in [0.5, 0.6) is 0 Å². The number of nitrogens with zero attached hydrogens (tertiary/aromatic N) is 3. The third kappa shape index (κ3) is 4.17. The van der Waals surface area contributed by atoms with Gasteiger partial charge in [0.1, 0.15) is 0 Å². The van der Waals surface area contributed by atoms with Crippen molar-refractivity contribution in [3.63, 3.8) is 0 Å². The maximum atomic E-state index is 4.40. The van der Waals surface area contributed by atoms with Gasteiger partial charge in [-0.1, -0.05) is 6.92 Å². The summed E-state index contributed by atoms with van der Waals surface area (Å²) in [4.78, 5) is 9.39. The average Bonchev–Trinajstić information content (AvgIpc) is 2.99. The molecule has 1 N–H and O–H groups in total. The van der Waals surface area contributed by atoms with Crippen molar-refractivity contribution in [3.05, 3.63) is 11.6 Å². The molecule has 1 saturated heterocycles. The minimum absolute atomic E-state index is 0.247. The molecule has 0 spiro atoms. The molecule has 1 atom stereocenters. The molecule has 1 aromatic rings. The van der Waals surface area contributed by atoms with Gasteiger partial charge in [-0.3, -0.25) is 4.90 Å². The van der Waals surface area contributed by atoms with Crippen LogP contribution >= 0.6 is 11.3 Å². The first-order valence-corrected chi connectivity index (χ1v) is 8.53. The van der Waals surface area contributed by atoms with Crippen LogP contribution in [0.1, 0.15) is 34.1 Å². The van der Waals surface area contributed by atoms with Crippen LogP contribution < -0.4 is 10.2 Å². The Balaban J connectivity index is 1.76. The third-order valence-corrected chi connectivity index (χ3v) is 5.22. The summed E-state index contributed by atoms with van der Waals surface area (Å²) in [6.07, 6.45) is 3.06. The molecule has 1 unspecified atom stereocenters. The molecular weight excluding hydrogens is 268 g/mol. The van der Waals surface area contributed by atoms with E-state index in [1.807, 2.05) is 6.20 Å². The van der Waals surface area contributed by atoms with Crippen LogP contribution in [0, 0.1) is 0 Å². The second-order valence-electron chi connectivity index (χ2n) is 6.31. The second kappa shape index (κ2) is 6.87. The fourth-order valence-corrected chi connectivity index (χ4v) is 3.10. The van der Waals surface area contributed by atoms with Gasteiger partial charge in [-0.05, 0) is 27.2 Å². The molecule has 20 heavy (non-hydrogen) atoms. The highest BCUT2D eigenvalue weighted by atomic mass is 32.1. The summed E-state index contributed by atoms with van der Waals surface area (Å²) in [6, 6.07) is 0.597. The fourth-order valence-electron chi connectivity index (χ4n) is 2.40. The highest BCUT2D eigenvalue weighted by molar-refractivity contribution is 7.13. The minimum Gasteiger partial charge on any atom is -0.346 e. The van der Waals surface area contributed by atoms with Crippen molar-refractivity contribution < 1.29 is 0 Å². The standard InChI is InChI=1S/C15H28N4S/c1-5-15(3,4)17-12-13(2)18-7-9-19(10-8-18)14-16-6-11-20-14/h6,11,13,17H,5,7-10,12H2,1-4H3. The monoisotopic (exact) mass is 296 g/mol. The number of aromatic nitrogens is 1. The fraction of sp³-hybridized carbons (Fsp3) is 0.800. The zero-order chi connectivity index (χ0) is 14.6. The lowest BCUT2D eigenvalue weighted by atomic mass is 10.0. The molecule has 2 heterocycles. The summed E-state index contributed by atoms with van der Waals surface area (Å²) in [7, 11) is 0. The van der Waals surface area contributed by atoms with Crippen molar-refractivity contribution in [2.45, 2.75) is 45.7 Å². The number of anilines is 1. The number of hydrogen-bond donors (Lipinski definition) is 1. The molecule has 1 fully saturated rings. The SMILES string of the molecule is CCC(C)(C)NCC(C)N1CCN(c2nccs2)CC1. The molecule has 0 amide bonds. The van der Waals surface area contributed by atoms with E-state index in [9.17, 15) is 0 Å². The van der Waals surface area contributed by atoms with Gasteiger partial charge in [0.2, 0.25) is 0 Å². The molecule has 0 bridgehead atoms. The Morgan fingerprint density at radius 1 is 1.35 bits per heavy atom. The van der Waals surface area contributed by atoms with Crippen LogP contribution in [-0.4, -0.2) is 54.2 Å². The first-order chi connectivity index (χ1) is 9.52. The molecule has 0 saturated carbocycles. The lowest BCUT2D eigenvalue weighted by Crippen LogP contribution is -2.53. The van der Waals surface area contributed by atoms with Crippen molar-refractivity contribution in [2.24, 2.45) is 0 Å². The molecule has 1 aromatic heterocycles. The Morgan fingerprint density at radius 3 is 2.60 bits per heavy atom. The quantitative estimate of drug-likeness (QED) is 0.873. The minimum atomic E-state index is 0.247. The van der Waals surface area contributed by atoms with Crippen molar-refractivity contribution in [1.82, 2.24) is 15.2 Å². The Morgan fingerprint density at radius 2 is 2.05 bits per heavy atom. The van der Waals surface area contributed by atoms with E-state index >= 15 is 0 Å². The van der Waals surface area contributed by atoms with Gasteiger partial charge >= 0.3 is 0 Å². The van der Waals surface area contributed by atoms with E-state index in [1.165, 1.54) is 5.13 Å². The van der Waals surface area contributed by atoms with E-state index < -0.39 is 0 Å². The van der Waals surface area contributed by atoms with Crippen LogP contribution in [0.3, 0.4) is 0 Å². The van der Waals surface area contributed by atoms with Gasteiger partial charge in [0.05, 0.1) is 0 Å². The van der Waals surface area contributed by atoms with Crippen LogP contribution in [0.15, 0.2) is 11.6 Å². The lowest BCUT2D eigenvalue weighted by Gasteiger charge is -2.39. The Kier molecular flexibility index (Phi) is 5.41. The topological polar surface area (TPSA) is 31.4 Å². The van der Waals surface area contributed by atoms with E-state index in [1.54, 1.807) is 11.3 Å². The van der Waals surface area contributed by atoms with E-state index in [2.05, 4.69) is 53.2 Å². The highest BCUT2D eigenvalue weighted by Gasteiger charge is 2.23. The predicted molar refractivity (Wildman–Crippen MR) is 87.7 cm³/mol. The normalized spacial score (nSPS) is 19.3. The molecule has 4 nitrogen and oxygen atoms in total. The van der Waals surface area contributed by atoms with Crippen LogP contribution in [0.2, 0.25) is 0 Å². The van der Waals surface area contributed by atoms with Crippen molar-refractivity contribution in [3.8, 4) is 0 Å². The second-order valence-corrected chi connectivity index (χ2v) is 7.18. The molecule has 1 aliphatic heterocycles. The number of nitrogens with one attached hydrogen (secondary N) is 1. The Bertz CT molecular complexity index is 383. The molecular formula is C15H28N4S. The summed E-state index contributed by atoms with van der Waals surface area (Å²) in [5.74, 6) is 0. The number of rotatable bonds is 6. The molecule has 114 valence electrons. The Hall–Kier alpha value is -0.650. The van der Waals surface area contributed by atoms with E-state index in [-0.39, 0.29) is 5.54 Å². The predicted octanol–water partition coefficient (Wildman–Crippen LogP) is 2.43. The maximum absolute atomic E-state index is 4.40. The van der Waals surface area contributed by atoms with E-state index in [4.69, 9.17) is 0 Å². The smallest absolute Gasteiger partial charge is 0.185 e. The zero-order valence-corrected chi connectivity index (χ0v) is 14.0. The Labute approximate surface area is 127 Å². The van der Waals surface area contributed by atoms with Gasteiger partial charge in [0, 0.05) is 55.9 Å². The first kappa shape index (κ1) is 15.7. The number of hydrogen-bond acceptors (Lipinski definition) is 5. The summed E-state index contributed by atoms with van der Waals surface area (Å²) < 4.78 is 0. The van der Waals surface area contributed by atoms with Gasteiger partial charge in [-0.15, -0.1) is 11.3 Å². The van der Waals surface area contributed by atoms with Crippen molar-refractivity contribution in [2.75, 3.05) is 37.6 Å². The first-order valence-electron chi connectivity index (χ1n) is 7.65. The van der Waals surface area contributed by atoms with Crippen LogP contribution in [-0.2, 0) is 0 Å². The summed E-state index contributed by atoms with van der Waals surface area (Å²) >= 11 is 1.74. The van der Waals surface area contributed by atoms with Crippen LogP contribution in [0.4, 0.5) is 5.13 Å². The zero-order valence-electron chi connectivity index (χ0n) is 13.2. The summed E-state index contributed by atoms with van der Waals surface area (Å²) in [5.41, 5.74) is 0.247. The van der Waals surface area contributed by atoms with Crippen molar-refractivity contribution >= 4 is 16.5 Å². The molecule has 1 aliphatic rings. The third-order valence-electron chi connectivity index (χ3n) is 4.39. The van der Waals surface area contributed by atoms with Crippen molar-refractivity contribution in [1.29, 1.82) is 0 Å². The van der Waals surface area contributed by atoms with E-state index in [0.717, 1.165) is 39.1 Å².